The number of thiazole rings is 2. The molecule has 0 N–H and O–H groups in total. The van der Waals surface area contributed by atoms with Gasteiger partial charge in [0, 0.05) is 11.1 Å². The Labute approximate surface area is 159 Å². The molecule has 0 fully saturated rings. The number of aryl methyl sites for hydroxylation is 2. The minimum atomic E-state index is 1.05. The molecule has 0 saturated carbocycles. The number of rotatable bonds is 2. The Morgan fingerprint density at radius 3 is 1.50 bits per heavy atom. The highest BCUT2D eigenvalue weighted by Crippen LogP contribution is 2.36. The van der Waals surface area contributed by atoms with Crippen LogP contribution >= 0.6 is 22.7 Å². The van der Waals surface area contributed by atoms with E-state index in [-0.39, 0.29) is 0 Å². The number of nitrogens with zero attached hydrogens (tertiary/aromatic N) is 2. The van der Waals surface area contributed by atoms with Gasteiger partial charge in [-0.25, -0.2) is 9.97 Å². The first-order chi connectivity index (χ1) is 12.7. The number of hydrogen-bond donors (Lipinski definition) is 0. The van der Waals surface area contributed by atoms with Crippen molar-refractivity contribution in [3.8, 4) is 21.1 Å². The molecule has 0 radical (unpaired) electrons. The molecule has 0 amide bonds. The van der Waals surface area contributed by atoms with Gasteiger partial charge in [-0.2, -0.15) is 0 Å². The summed E-state index contributed by atoms with van der Waals surface area (Å²) in [5.74, 6) is 0. The summed E-state index contributed by atoms with van der Waals surface area (Å²) in [6, 6.07) is 21.4. The van der Waals surface area contributed by atoms with Crippen molar-refractivity contribution >= 4 is 43.1 Å². The van der Waals surface area contributed by atoms with Gasteiger partial charge < -0.3 is 0 Å². The van der Waals surface area contributed by atoms with Crippen molar-refractivity contribution < 1.29 is 0 Å². The third-order valence-electron chi connectivity index (χ3n) is 4.43. The largest absolute Gasteiger partial charge is 0.236 e. The lowest BCUT2D eigenvalue weighted by Gasteiger charge is -1.96. The molecule has 0 atom stereocenters. The molecule has 2 nitrogen and oxygen atoms in total. The van der Waals surface area contributed by atoms with Gasteiger partial charge in [0.15, 0.2) is 0 Å². The van der Waals surface area contributed by atoms with Gasteiger partial charge in [-0.05, 0) is 38.1 Å². The van der Waals surface area contributed by atoms with E-state index >= 15 is 0 Å². The molecule has 0 aliphatic carbocycles. The first kappa shape index (κ1) is 15.7. The van der Waals surface area contributed by atoms with Crippen LogP contribution < -0.4 is 0 Å². The van der Waals surface area contributed by atoms with Crippen molar-refractivity contribution in [2.24, 2.45) is 0 Å². The minimum Gasteiger partial charge on any atom is -0.236 e. The summed E-state index contributed by atoms with van der Waals surface area (Å²) in [6.45, 7) is 4.23. The standard InChI is InChI=1S/C22H16N2S2/c1-13-5-3-7-15(9-13)21-23-17-11-20-18(12-19(17)25-21)24-22(26-20)16-8-4-6-14(2)10-16/h3-12H,1-2H3. The van der Waals surface area contributed by atoms with Gasteiger partial charge in [0.1, 0.15) is 10.0 Å². The fraction of sp³-hybridized carbons (Fsp3) is 0.0909. The third-order valence-corrected chi connectivity index (χ3v) is 6.56. The molecule has 0 aliphatic rings. The van der Waals surface area contributed by atoms with E-state index in [1.165, 1.54) is 31.7 Å². The Morgan fingerprint density at radius 1 is 0.615 bits per heavy atom. The van der Waals surface area contributed by atoms with Gasteiger partial charge in [0.05, 0.1) is 20.4 Å². The topological polar surface area (TPSA) is 25.8 Å². The van der Waals surface area contributed by atoms with E-state index in [4.69, 9.17) is 9.97 Å². The Balaban J connectivity index is 1.63. The van der Waals surface area contributed by atoms with Crippen LogP contribution in [0.1, 0.15) is 11.1 Å². The second kappa shape index (κ2) is 6.01. The molecule has 0 bridgehead atoms. The van der Waals surface area contributed by atoms with E-state index in [1.807, 2.05) is 0 Å². The molecule has 0 aliphatic heterocycles. The fourth-order valence-electron chi connectivity index (χ4n) is 3.15. The Hall–Kier alpha value is -2.56. The summed E-state index contributed by atoms with van der Waals surface area (Å²) in [5, 5.41) is 2.14. The smallest absolute Gasteiger partial charge is 0.124 e. The highest BCUT2D eigenvalue weighted by molar-refractivity contribution is 7.23. The zero-order valence-electron chi connectivity index (χ0n) is 14.5. The quantitative estimate of drug-likeness (QED) is 0.338. The zero-order valence-corrected chi connectivity index (χ0v) is 16.1. The van der Waals surface area contributed by atoms with E-state index in [0.29, 0.717) is 0 Å². The molecule has 0 saturated heterocycles. The number of benzene rings is 3. The number of fused-ring (bicyclic) bond motifs is 2. The van der Waals surface area contributed by atoms with E-state index in [9.17, 15) is 0 Å². The zero-order chi connectivity index (χ0) is 17.7. The molecule has 5 aromatic rings. The summed E-state index contributed by atoms with van der Waals surface area (Å²) < 4.78 is 2.38. The van der Waals surface area contributed by atoms with Gasteiger partial charge in [0.25, 0.3) is 0 Å². The molecule has 0 unspecified atom stereocenters. The average Bonchev–Trinajstić information content (AvgIpc) is 3.22. The van der Waals surface area contributed by atoms with Crippen LogP contribution in [0.2, 0.25) is 0 Å². The van der Waals surface area contributed by atoms with Crippen LogP contribution in [-0.4, -0.2) is 9.97 Å². The maximum absolute atomic E-state index is 4.87. The maximum atomic E-state index is 4.87. The molecule has 126 valence electrons. The summed E-state index contributed by atoms with van der Waals surface area (Å²) in [7, 11) is 0. The van der Waals surface area contributed by atoms with E-state index in [1.54, 1.807) is 22.7 Å². The van der Waals surface area contributed by atoms with Crippen molar-refractivity contribution in [2.45, 2.75) is 13.8 Å². The first-order valence-corrected chi connectivity index (χ1v) is 10.1. The second-order valence-corrected chi connectivity index (χ2v) is 8.63. The first-order valence-electron chi connectivity index (χ1n) is 8.51. The Kier molecular flexibility index (Phi) is 3.62. The van der Waals surface area contributed by atoms with E-state index in [0.717, 1.165) is 21.0 Å². The SMILES string of the molecule is Cc1cccc(-c2nc3cc4sc(-c5cccc(C)c5)nc4cc3s2)c1. The number of hydrogen-bond acceptors (Lipinski definition) is 4. The summed E-state index contributed by atoms with van der Waals surface area (Å²) in [6.07, 6.45) is 0. The molecular weight excluding hydrogens is 356 g/mol. The predicted molar refractivity (Wildman–Crippen MR) is 113 cm³/mol. The molecule has 5 rings (SSSR count). The van der Waals surface area contributed by atoms with Gasteiger partial charge in [-0.15, -0.1) is 22.7 Å². The summed E-state index contributed by atoms with van der Waals surface area (Å²) >= 11 is 3.47. The average molecular weight is 373 g/mol. The van der Waals surface area contributed by atoms with Crippen molar-refractivity contribution in [1.29, 1.82) is 0 Å². The fourth-order valence-corrected chi connectivity index (χ4v) is 5.11. The lowest BCUT2D eigenvalue weighted by atomic mass is 10.1. The maximum Gasteiger partial charge on any atom is 0.124 e. The van der Waals surface area contributed by atoms with Crippen LogP contribution in [0.5, 0.6) is 0 Å². The molecule has 2 heterocycles. The normalized spacial score (nSPS) is 11.5. The lowest BCUT2D eigenvalue weighted by molar-refractivity contribution is 1.43. The molecule has 26 heavy (non-hydrogen) atoms. The lowest BCUT2D eigenvalue weighted by Crippen LogP contribution is -1.77. The molecule has 2 aromatic heterocycles. The molecule has 3 aromatic carbocycles. The minimum absolute atomic E-state index is 1.05. The van der Waals surface area contributed by atoms with Crippen molar-refractivity contribution in [2.75, 3.05) is 0 Å². The van der Waals surface area contributed by atoms with Crippen molar-refractivity contribution in [3.63, 3.8) is 0 Å². The number of aromatic nitrogens is 2. The third kappa shape index (κ3) is 2.71. The van der Waals surface area contributed by atoms with E-state index < -0.39 is 0 Å². The van der Waals surface area contributed by atoms with Gasteiger partial charge >= 0.3 is 0 Å². The molecule has 4 heteroatoms. The Morgan fingerprint density at radius 2 is 1.08 bits per heavy atom. The van der Waals surface area contributed by atoms with Crippen LogP contribution in [-0.2, 0) is 0 Å². The van der Waals surface area contributed by atoms with Crippen LogP contribution in [0.25, 0.3) is 41.6 Å². The molecule has 0 spiro atoms. The van der Waals surface area contributed by atoms with Crippen LogP contribution in [0.4, 0.5) is 0 Å². The van der Waals surface area contributed by atoms with Gasteiger partial charge in [-0.1, -0.05) is 47.5 Å². The van der Waals surface area contributed by atoms with Crippen LogP contribution in [0, 0.1) is 13.8 Å². The monoisotopic (exact) mass is 372 g/mol. The van der Waals surface area contributed by atoms with Crippen molar-refractivity contribution in [1.82, 2.24) is 9.97 Å². The van der Waals surface area contributed by atoms with Crippen molar-refractivity contribution in [3.05, 3.63) is 71.8 Å². The Bertz CT molecular complexity index is 1120. The summed E-state index contributed by atoms with van der Waals surface area (Å²) in [5.41, 5.74) is 6.99. The van der Waals surface area contributed by atoms with Gasteiger partial charge in [0.2, 0.25) is 0 Å². The predicted octanol–water partition coefficient (Wildman–Crippen LogP) is 6.86. The second-order valence-electron chi connectivity index (χ2n) is 6.56. The highest BCUT2D eigenvalue weighted by Gasteiger charge is 2.12. The highest BCUT2D eigenvalue weighted by atomic mass is 32.1. The van der Waals surface area contributed by atoms with Crippen LogP contribution in [0.3, 0.4) is 0 Å². The molecular formula is C22H16N2S2. The van der Waals surface area contributed by atoms with E-state index in [2.05, 4.69) is 74.5 Å². The van der Waals surface area contributed by atoms with Crippen LogP contribution in [0.15, 0.2) is 60.7 Å². The van der Waals surface area contributed by atoms with Gasteiger partial charge in [-0.3, -0.25) is 0 Å². The summed E-state index contributed by atoms with van der Waals surface area (Å²) in [4.78, 5) is 9.74.